The van der Waals surface area contributed by atoms with Gasteiger partial charge in [0.15, 0.2) is 0 Å². The van der Waals surface area contributed by atoms with Gasteiger partial charge in [0.1, 0.15) is 0 Å². The Morgan fingerprint density at radius 1 is 0.808 bits per heavy atom. The van der Waals surface area contributed by atoms with Crippen LogP contribution < -0.4 is 0 Å². The summed E-state index contributed by atoms with van der Waals surface area (Å²) >= 11 is 0. The van der Waals surface area contributed by atoms with Gasteiger partial charge in [-0.1, -0.05) is 70.4 Å². The number of allylic oxidation sites excluding steroid dienone is 2. The van der Waals surface area contributed by atoms with E-state index in [4.69, 9.17) is 14.9 Å². The number of aliphatic hydroxyl groups excluding tert-OH is 1. The average Bonchev–Trinajstić information content (AvgIpc) is 2.63. The minimum absolute atomic E-state index is 0.133. The first kappa shape index (κ1) is 27.3. The summed E-state index contributed by atoms with van der Waals surface area (Å²) in [6.45, 7) is 5.45. The van der Waals surface area contributed by atoms with Crippen LogP contribution in [-0.4, -0.2) is 36.0 Å². The SMILES string of the molecule is CCCCCCCC/C=C\CCCCCCCC(=O)O.CCOCCO. The first-order valence-corrected chi connectivity index (χ1v) is 10.7. The molecule has 156 valence electrons. The molecule has 0 fully saturated rings. The predicted molar refractivity (Wildman–Crippen MR) is 111 cm³/mol. The second kappa shape index (κ2) is 26.4. The largest absolute Gasteiger partial charge is 0.481 e. The number of carboxylic acid groups (broad SMARTS) is 1. The molecule has 0 aromatic heterocycles. The van der Waals surface area contributed by atoms with Crippen LogP contribution in [0.2, 0.25) is 0 Å². The zero-order valence-corrected chi connectivity index (χ0v) is 17.4. The van der Waals surface area contributed by atoms with Crippen molar-refractivity contribution in [2.75, 3.05) is 19.8 Å². The van der Waals surface area contributed by atoms with Crippen molar-refractivity contribution in [2.24, 2.45) is 0 Å². The van der Waals surface area contributed by atoms with Crippen molar-refractivity contribution >= 4 is 5.97 Å². The van der Waals surface area contributed by atoms with Crippen LogP contribution in [0.15, 0.2) is 12.2 Å². The summed E-state index contributed by atoms with van der Waals surface area (Å²) in [5.41, 5.74) is 0. The van der Waals surface area contributed by atoms with Crippen molar-refractivity contribution in [2.45, 2.75) is 104 Å². The fourth-order valence-corrected chi connectivity index (χ4v) is 2.56. The summed E-state index contributed by atoms with van der Waals surface area (Å²) in [6, 6.07) is 0. The van der Waals surface area contributed by atoms with Crippen LogP contribution in [-0.2, 0) is 9.53 Å². The summed E-state index contributed by atoms with van der Waals surface area (Å²) in [4.78, 5) is 10.3. The molecule has 0 radical (unpaired) electrons. The molecule has 0 rings (SSSR count). The van der Waals surface area contributed by atoms with Gasteiger partial charge in [-0.2, -0.15) is 0 Å². The maximum Gasteiger partial charge on any atom is 0.303 e. The Morgan fingerprint density at radius 2 is 1.31 bits per heavy atom. The fourth-order valence-electron chi connectivity index (χ4n) is 2.56. The van der Waals surface area contributed by atoms with Gasteiger partial charge < -0.3 is 14.9 Å². The minimum atomic E-state index is -0.664. The Bertz CT molecular complexity index is 286. The van der Waals surface area contributed by atoms with Crippen molar-refractivity contribution in [3.8, 4) is 0 Å². The van der Waals surface area contributed by atoms with Gasteiger partial charge in [0.05, 0.1) is 13.2 Å². The molecule has 0 aromatic rings. The van der Waals surface area contributed by atoms with Crippen LogP contribution >= 0.6 is 0 Å². The van der Waals surface area contributed by atoms with Crippen LogP contribution in [0.5, 0.6) is 0 Å². The summed E-state index contributed by atoms with van der Waals surface area (Å²) in [5.74, 6) is -0.664. The first-order valence-electron chi connectivity index (χ1n) is 10.7. The van der Waals surface area contributed by atoms with E-state index < -0.39 is 5.97 Å². The van der Waals surface area contributed by atoms with E-state index >= 15 is 0 Å². The highest BCUT2D eigenvalue weighted by atomic mass is 16.5. The molecule has 0 saturated heterocycles. The third-order valence-electron chi connectivity index (χ3n) is 4.09. The molecule has 26 heavy (non-hydrogen) atoms. The molecule has 0 aliphatic carbocycles. The zero-order valence-electron chi connectivity index (χ0n) is 17.4. The van der Waals surface area contributed by atoms with Crippen LogP contribution in [0.3, 0.4) is 0 Å². The lowest BCUT2D eigenvalue weighted by Gasteiger charge is -1.99. The van der Waals surface area contributed by atoms with Gasteiger partial charge >= 0.3 is 5.97 Å². The number of carboxylic acids is 1. The van der Waals surface area contributed by atoms with E-state index in [1.807, 2.05) is 6.92 Å². The van der Waals surface area contributed by atoms with Gasteiger partial charge in [-0.05, 0) is 39.0 Å². The topological polar surface area (TPSA) is 66.8 Å². The molecule has 0 heterocycles. The minimum Gasteiger partial charge on any atom is -0.481 e. The number of hydrogen-bond acceptors (Lipinski definition) is 3. The lowest BCUT2D eigenvalue weighted by molar-refractivity contribution is -0.137. The molecular weight excluding hydrogens is 328 g/mol. The average molecular weight is 373 g/mol. The van der Waals surface area contributed by atoms with E-state index in [0.717, 1.165) is 12.8 Å². The number of aliphatic carboxylic acids is 1. The molecule has 0 aromatic carbocycles. The van der Waals surface area contributed by atoms with Crippen molar-refractivity contribution in [1.82, 2.24) is 0 Å². The van der Waals surface area contributed by atoms with E-state index in [1.54, 1.807) is 0 Å². The maximum atomic E-state index is 10.3. The third kappa shape index (κ3) is 31.0. The van der Waals surface area contributed by atoms with E-state index in [1.165, 1.54) is 70.6 Å². The Morgan fingerprint density at radius 3 is 1.73 bits per heavy atom. The molecule has 0 saturated carbocycles. The summed E-state index contributed by atoms with van der Waals surface area (Å²) < 4.78 is 4.73. The van der Waals surface area contributed by atoms with Crippen LogP contribution in [0.25, 0.3) is 0 Å². The quantitative estimate of drug-likeness (QED) is 0.224. The van der Waals surface area contributed by atoms with Crippen molar-refractivity contribution in [3.63, 3.8) is 0 Å². The molecule has 0 atom stereocenters. The van der Waals surface area contributed by atoms with E-state index in [9.17, 15) is 4.79 Å². The molecular formula is C22H44O4. The smallest absolute Gasteiger partial charge is 0.303 e. The van der Waals surface area contributed by atoms with Crippen LogP contribution in [0.4, 0.5) is 0 Å². The van der Waals surface area contributed by atoms with Gasteiger partial charge in [-0.15, -0.1) is 0 Å². The highest BCUT2D eigenvalue weighted by Gasteiger charge is 1.95. The Balaban J connectivity index is 0. The summed E-state index contributed by atoms with van der Waals surface area (Å²) in [5, 5.41) is 16.6. The normalized spacial score (nSPS) is 10.7. The third-order valence-corrected chi connectivity index (χ3v) is 4.09. The first-order chi connectivity index (χ1) is 12.7. The van der Waals surface area contributed by atoms with Gasteiger partial charge in [0.2, 0.25) is 0 Å². The van der Waals surface area contributed by atoms with Crippen LogP contribution in [0.1, 0.15) is 104 Å². The van der Waals surface area contributed by atoms with E-state index in [-0.39, 0.29) is 6.61 Å². The zero-order chi connectivity index (χ0) is 19.7. The monoisotopic (exact) mass is 372 g/mol. The fraction of sp³-hybridized carbons (Fsp3) is 0.864. The Labute approximate surface area is 162 Å². The van der Waals surface area contributed by atoms with Crippen molar-refractivity contribution in [1.29, 1.82) is 0 Å². The van der Waals surface area contributed by atoms with E-state index in [2.05, 4.69) is 19.1 Å². The molecule has 0 unspecified atom stereocenters. The molecule has 0 bridgehead atoms. The summed E-state index contributed by atoms with van der Waals surface area (Å²) in [7, 11) is 0. The van der Waals surface area contributed by atoms with Crippen molar-refractivity contribution < 1.29 is 19.7 Å². The van der Waals surface area contributed by atoms with Crippen LogP contribution in [0, 0.1) is 0 Å². The van der Waals surface area contributed by atoms with Gasteiger partial charge in [-0.25, -0.2) is 0 Å². The number of carbonyl (C=O) groups is 1. The number of rotatable bonds is 18. The molecule has 4 heteroatoms. The van der Waals surface area contributed by atoms with Crippen molar-refractivity contribution in [3.05, 3.63) is 12.2 Å². The lowest BCUT2D eigenvalue weighted by Crippen LogP contribution is -1.96. The van der Waals surface area contributed by atoms with Gasteiger partial charge in [0, 0.05) is 13.0 Å². The maximum absolute atomic E-state index is 10.3. The second-order valence-corrected chi connectivity index (χ2v) is 6.65. The van der Waals surface area contributed by atoms with E-state index in [0.29, 0.717) is 19.6 Å². The number of ether oxygens (including phenoxy) is 1. The molecule has 2 N–H and O–H groups in total. The molecule has 0 aliphatic rings. The highest BCUT2D eigenvalue weighted by Crippen LogP contribution is 2.09. The molecule has 0 spiro atoms. The Kier molecular flexibility index (Phi) is 27.7. The molecule has 4 nitrogen and oxygen atoms in total. The number of aliphatic hydroxyl groups is 1. The predicted octanol–water partition coefficient (Wildman–Crippen LogP) is 6.12. The molecule has 0 amide bonds. The second-order valence-electron chi connectivity index (χ2n) is 6.65. The van der Waals surface area contributed by atoms with Gasteiger partial charge in [0.25, 0.3) is 0 Å². The highest BCUT2D eigenvalue weighted by molar-refractivity contribution is 5.66. The number of hydrogen-bond donors (Lipinski definition) is 2. The number of unbranched alkanes of at least 4 members (excludes halogenated alkanes) is 11. The lowest BCUT2D eigenvalue weighted by atomic mass is 10.1. The van der Waals surface area contributed by atoms with Gasteiger partial charge in [-0.3, -0.25) is 4.79 Å². The Hall–Kier alpha value is -0.870. The standard InChI is InChI=1S/C18H34O2.C4H10O2/c1-2-3-4-5-6-7-8-9-10-11-12-13-14-15-16-17-18(19)20;1-2-6-4-3-5/h9-10H,2-8,11-17H2,1H3,(H,19,20);5H,2-4H2,1H3/b10-9-;. The molecule has 0 aliphatic heterocycles. The summed E-state index contributed by atoms with van der Waals surface area (Å²) in [6.07, 6.45) is 21.2.